The van der Waals surface area contributed by atoms with Crippen LogP contribution < -0.4 is 15.2 Å². The zero-order chi connectivity index (χ0) is 15.4. The lowest BCUT2D eigenvalue weighted by atomic mass is 10.1. The van der Waals surface area contributed by atoms with E-state index in [-0.39, 0.29) is 6.61 Å². The lowest BCUT2D eigenvalue weighted by Crippen LogP contribution is -2.10. The molecule has 2 rings (SSSR count). The maximum absolute atomic E-state index is 5.93. The smallest absolute Gasteiger partial charge is 0.125 e. The molecule has 2 N–H and O–H groups in total. The van der Waals surface area contributed by atoms with E-state index in [9.17, 15) is 0 Å². The van der Waals surface area contributed by atoms with E-state index in [4.69, 9.17) is 50.6 Å². The molecule has 0 fully saturated rings. The summed E-state index contributed by atoms with van der Waals surface area (Å²) in [6.07, 6.45) is 0. The second-order valence-corrected chi connectivity index (χ2v) is 5.60. The molecule has 0 spiro atoms. The molecule has 0 aromatic heterocycles. The SMILES string of the molecule is COc1ccc(C(N)=S)cc1COc1cc(Cl)cc(Cl)c1. The van der Waals surface area contributed by atoms with Crippen LogP contribution in [0.2, 0.25) is 10.0 Å². The van der Waals surface area contributed by atoms with Gasteiger partial charge in [0, 0.05) is 21.2 Å². The average Bonchev–Trinajstić information content (AvgIpc) is 2.43. The summed E-state index contributed by atoms with van der Waals surface area (Å²) in [7, 11) is 1.59. The van der Waals surface area contributed by atoms with Gasteiger partial charge in [-0.25, -0.2) is 0 Å². The van der Waals surface area contributed by atoms with Crippen LogP contribution in [0, 0.1) is 0 Å². The van der Waals surface area contributed by atoms with Gasteiger partial charge in [0.1, 0.15) is 23.1 Å². The fourth-order valence-corrected chi connectivity index (χ4v) is 2.45. The fourth-order valence-electron chi connectivity index (χ4n) is 1.82. The first-order valence-electron chi connectivity index (χ1n) is 6.05. The van der Waals surface area contributed by atoms with E-state index in [1.165, 1.54) is 0 Å². The molecule has 2 aromatic rings. The Morgan fingerprint density at radius 3 is 2.38 bits per heavy atom. The predicted octanol–water partition coefficient (Wildman–Crippen LogP) is 4.22. The van der Waals surface area contributed by atoms with E-state index in [1.54, 1.807) is 37.4 Å². The van der Waals surface area contributed by atoms with Crippen LogP contribution in [-0.2, 0) is 6.61 Å². The van der Waals surface area contributed by atoms with E-state index < -0.39 is 0 Å². The number of rotatable bonds is 5. The molecule has 0 saturated heterocycles. The third-order valence-electron chi connectivity index (χ3n) is 2.80. The van der Waals surface area contributed by atoms with Gasteiger partial charge in [0.05, 0.1) is 7.11 Å². The maximum Gasteiger partial charge on any atom is 0.125 e. The summed E-state index contributed by atoms with van der Waals surface area (Å²) < 4.78 is 11.0. The van der Waals surface area contributed by atoms with Gasteiger partial charge < -0.3 is 15.2 Å². The monoisotopic (exact) mass is 341 g/mol. The minimum atomic E-state index is 0.288. The third kappa shape index (κ3) is 4.24. The Hall–Kier alpha value is -1.49. The molecular formula is C15H13Cl2NO2S. The van der Waals surface area contributed by atoms with Crippen LogP contribution in [0.15, 0.2) is 36.4 Å². The molecule has 0 saturated carbocycles. The molecule has 0 aliphatic rings. The first kappa shape index (κ1) is 15.9. The number of methoxy groups -OCH3 is 1. The van der Waals surface area contributed by atoms with E-state index in [0.29, 0.717) is 26.5 Å². The van der Waals surface area contributed by atoms with Gasteiger partial charge >= 0.3 is 0 Å². The maximum atomic E-state index is 5.93. The lowest BCUT2D eigenvalue weighted by Gasteiger charge is -2.12. The highest BCUT2D eigenvalue weighted by atomic mass is 35.5. The van der Waals surface area contributed by atoms with E-state index in [1.807, 2.05) is 6.07 Å². The Morgan fingerprint density at radius 1 is 1.14 bits per heavy atom. The van der Waals surface area contributed by atoms with Crippen molar-refractivity contribution in [3.05, 3.63) is 57.6 Å². The van der Waals surface area contributed by atoms with Crippen LogP contribution in [0.1, 0.15) is 11.1 Å². The van der Waals surface area contributed by atoms with Crippen LogP contribution >= 0.6 is 35.4 Å². The second kappa shape index (κ2) is 6.98. The third-order valence-corrected chi connectivity index (χ3v) is 3.47. The largest absolute Gasteiger partial charge is 0.496 e. The van der Waals surface area contributed by atoms with Gasteiger partial charge in [-0.05, 0) is 36.4 Å². The van der Waals surface area contributed by atoms with Crippen LogP contribution in [0.3, 0.4) is 0 Å². The molecule has 110 valence electrons. The van der Waals surface area contributed by atoms with Crippen molar-refractivity contribution >= 4 is 40.4 Å². The number of halogens is 2. The van der Waals surface area contributed by atoms with Crippen LogP contribution in [-0.4, -0.2) is 12.1 Å². The second-order valence-electron chi connectivity index (χ2n) is 4.28. The van der Waals surface area contributed by atoms with Crippen LogP contribution in [0.25, 0.3) is 0 Å². The minimum Gasteiger partial charge on any atom is -0.496 e. The summed E-state index contributed by atoms with van der Waals surface area (Å²) >= 11 is 16.8. The molecule has 0 radical (unpaired) electrons. The Labute approximate surface area is 138 Å². The van der Waals surface area contributed by atoms with Crippen molar-refractivity contribution in [1.29, 1.82) is 0 Å². The highest BCUT2D eigenvalue weighted by molar-refractivity contribution is 7.80. The van der Waals surface area contributed by atoms with Gasteiger partial charge in [-0.1, -0.05) is 35.4 Å². The molecule has 0 aliphatic heterocycles. The molecule has 0 aliphatic carbocycles. The van der Waals surface area contributed by atoms with Crippen molar-refractivity contribution in [3.63, 3.8) is 0 Å². The lowest BCUT2D eigenvalue weighted by molar-refractivity contribution is 0.296. The molecule has 2 aromatic carbocycles. The average molecular weight is 342 g/mol. The summed E-state index contributed by atoms with van der Waals surface area (Å²) in [5.41, 5.74) is 7.23. The fraction of sp³-hybridized carbons (Fsp3) is 0.133. The zero-order valence-electron chi connectivity index (χ0n) is 11.2. The van der Waals surface area contributed by atoms with Gasteiger partial charge in [0.2, 0.25) is 0 Å². The van der Waals surface area contributed by atoms with Crippen molar-refractivity contribution in [1.82, 2.24) is 0 Å². The molecule has 3 nitrogen and oxygen atoms in total. The van der Waals surface area contributed by atoms with E-state index in [0.717, 1.165) is 11.1 Å². The number of ether oxygens (including phenoxy) is 2. The zero-order valence-corrected chi connectivity index (χ0v) is 13.6. The first-order valence-corrected chi connectivity index (χ1v) is 7.21. The Bertz CT molecular complexity index is 656. The molecule has 0 unspecified atom stereocenters. The summed E-state index contributed by atoms with van der Waals surface area (Å²) in [5.74, 6) is 1.28. The van der Waals surface area contributed by atoms with Gasteiger partial charge in [-0.15, -0.1) is 0 Å². The summed E-state index contributed by atoms with van der Waals surface area (Å²) in [6.45, 7) is 0.288. The molecule has 0 bridgehead atoms. The Morgan fingerprint density at radius 2 is 1.81 bits per heavy atom. The summed E-state index contributed by atoms with van der Waals surface area (Å²) in [6, 6.07) is 10.5. The van der Waals surface area contributed by atoms with E-state index in [2.05, 4.69) is 0 Å². The molecular weight excluding hydrogens is 329 g/mol. The summed E-state index contributed by atoms with van der Waals surface area (Å²) in [4.78, 5) is 0.324. The van der Waals surface area contributed by atoms with Crippen molar-refractivity contribution in [3.8, 4) is 11.5 Å². The number of thiocarbonyl (C=S) groups is 1. The van der Waals surface area contributed by atoms with Crippen molar-refractivity contribution in [2.24, 2.45) is 5.73 Å². The Balaban J connectivity index is 2.21. The van der Waals surface area contributed by atoms with Crippen molar-refractivity contribution in [2.45, 2.75) is 6.61 Å². The number of hydrogen-bond donors (Lipinski definition) is 1. The Kier molecular flexibility index (Phi) is 5.28. The van der Waals surface area contributed by atoms with Gasteiger partial charge in [-0.3, -0.25) is 0 Å². The number of hydrogen-bond acceptors (Lipinski definition) is 3. The number of nitrogens with two attached hydrogens (primary N) is 1. The van der Waals surface area contributed by atoms with Crippen LogP contribution in [0.5, 0.6) is 11.5 Å². The van der Waals surface area contributed by atoms with Gasteiger partial charge in [0.25, 0.3) is 0 Å². The predicted molar refractivity (Wildman–Crippen MR) is 89.7 cm³/mol. The van der Waals surface area contributed by atoms with Gasteiger partial charge in [-0.2, -0.15) is 0 Å². The quantitative estimate of drug-likeness (QED) is 0.827. The molecule has 0 amide bonds. The highest BCUT2D eigenvalue weighted by Gasteiger charge is 2.08. The topological polar surface area (TPSA) is 44.5 Å². The minimum absolute atomic E-state index is 0.288. The molecule has 0 heterocycles. The molecule has 0 atom stereocenters. The standard InChI is InChI=1S/C15H13Cl2NO2S/c1-19-14-3-2-9(15(18)21)4-10(14)8-20-13-6-11(16)5-12(17)7-13/h2-7H,8H2,1H3,(H2,18,21). The van der Waals surface area contributed by atoms with Crippen LogP contribution in [0.4, 0.5) is 0 Å². The van der Waals surface area contributed by atoms with Crippen molar-refractivity contribution < 1.29 is 9.47 Å². The molecule has 6 heteroatoms. The van der Waals surface area contributed by atoms with E-state index >= 15 is 0 Å². The number of benzene rings is 2. The van der Waals surface area contributed by atoms with Crippen molar-refractivity contribution in [2.75, 3.05) is 7.11 Å². The highest BCUT2D eigenvalue weighted by Crippen LogP contribution is 2.26. The summed E-state index contributed by atoms with van der Waals surface area (Å²) in [5, 5.41) is 1.03. The first-order chi connectivity index (χ1) is 9.99. The van der Waals surface area contributed by atoms with Gasteiger partial charge in [0.15, 0.2) is 0 Å². The normalized spacial score (nSPS) is 10.2. The molecule has 21 heavy (non-hydrogen) atoms.